The number of carboxylic acid groups (broad SMARTS) is 1. The van der Waals surface area contributed by atoms with Crippen LogP contribution in [0.1, 0.15) is 35.2 Å². The molecule has 3 atom stereocenters. The highest BCUT2D eigenvalue weighted by Crippen LogP contribution is 2.39. The van der Waals surface area contributed by atoms with Crippen molar-refractivity contribution in [3.8, 4) is 0 Å². The van der Waals surface area contributed by atoms with Crippen molar-refractivity contribution in [2.24, 2.45) is 17.8 Å². The van der Waals surface area contributed by atoms with E-state index in [1.807, 2.05) is 0 Å². The van der Waals surface area contributed by atoms with Gasteiger partial charge in [-0.2, -0.15) is 0 Å². The Morgan fingerprint density at radius 1 is 1.23 bits per heavy atom. The average molecular weight is 299 g/mol. The molecule has 4 heteroatoms. The van der Waals surface area contributed by atoms with Crippen molar-refractivity contribution >= 4 is 11.9 Å². The summed E-state index contributed by atoms with van der Waals surface area (Å²) in [5, 5.41) is 12.0. The molecule has 3 aliphatic carbocycles. The molecule has 0 aromatic heterocycles. The van der Waals surface area contributed by atoms with Crippen LogP contribution >= 0.6 is 0 Å². The lowest BCUT2D eigenvalue weighted by Crippen LogP contribution is -2.37. The van der Waals surface area contributed by atoms with Crippen LogP contribution in [0.3, 0.4) is 0 Å². The number of carbonyl (C=O) groups is 2. The maximum Gasteiger partial charge on any atom is 0.335 e. The van der Waals surface area contributed by atoms with Gasteiger partial charge in [0.25, 0.3) is 0 Å². The Kier molecular flexibility index (Phi) is 4.27. The van der Waals surface area contributed by atoms with Crippen molar-refractivity contribution in [2.75, 3.05) is 6.54 Å². The van der Waals surface area contributed by atoms with Crippen molar-refractivity contribution in [1.29, 1.82) is 0 Å². The molecule has 4 rings (SSSR count). The molecule has 0 heterocycles. The van der Waals surface area contributed by atoms with Crippen LogP contribution in [0.4, 0.5) is 0 Å². The predicted octanol–water partition coefficient (Wildman–Crippen LogP) is 2.65. The Morgan fingerprint density at radius 2 is 2.09 bits per heavy atom. The average Bonchev–Trinajstić information content (AvgIpc) is 2.54. The zero-order valence-electron chi connectivity index (χ0n) is 12.5. The molecule has 1 amide bonds. The van der Waals surface area contributed by atoms with Crippen molar-refractivity contribution in [3.63, 3.8) is 0 Å². The normalized spacial score (nSPS) is 25.9. The van der Waals surface area contributed by atoms with Gasteiger partial charge in [-0.3, -0.25) is 4.79 Å². The highest BCUT2D eigenvalue weighted by molar-refractivity contribution is 5.88. The maximum atomic E-state index is 12.1. The second kappa shape index (κ2) is 6.34. The minimum absolute atomic E-state index is 0.0343. The van der Waals surface area contributed by atoms with Crippen LogP contribution in [0.5, 0.6) is 0 Å². The number of amides is 1. The zero-order valence-corrected chi connectivity index (χ0v) is 12.5. The van der Waals surface area contributed by atoms with Crippen LogP contribution in [-0.4, -0.2) is 23.5 Å². The lowest BCUT2D eigenvalue weighted by atomic mass is 9.69. The van der Waals surface area contributed by atoms with Gasteiger partial charge in [0.15, 0.2) is 0 Å². The monoisotopic (exact) mass is 299 g/mol. The molecule has 1 aromatic rings. The standard InChI is InChI=1S/C18H21NO3/c20-17(10-13-2-1-3-15(9-13)18(21)22)19-11-16-8-12-4-6-14(16)7-5-12/h1-4,6,9,12,14,16H,5,7-8,10-11H2,(H,19,20)(H,21,22). The molecule has 22 heavy (non-hydrogen) atoms. The van der Waals surface area contributed by atoms with E-state index in [2.05, 4.69) is 17.5 Å². The second-order valence-corrected chi connectivity index (χ2v) is 6.37. The van der Waals surface area contributed by atoms with Gasteiger partial charge < -0.3 is 10.4 Å². The van der Waals surface area contributed by atoms with Gasteiger partial charge in [0.05, 0.1) is 12.0 Å². The number of hydrogen-bond donors (Lipinski definition) is 2. The van der Waals surface area contributed by atoms with E-state index < -0.39 is 5.97 Å². The fourth-order valence-electron chi connectivity index (χ4n) is 3.59. The summed E-state index contributed by atoms with van der Waals surface area (Å²) in [7, 11) is 0. The molecule has 0 radical (unpaired) electrons. The fourth-order valence-corrected chi connectivity index (χ4v) is 3.59. The van der Waals surface area contributed by atoms with E-state index in [9.17, 15) is 9.59 Å². The highest BCUT2D eigenvalue weighted by atomic mass is 16.4. The van der Waals surface area contributed by atoms with E-state index in [1.165, 1.54) is 25.3 Å². The van der Waals surface area contributed by atoms with Gasteiger partial charge in [-0.25, -0.2) is 4.79 Å². The maximum absolute atomic E-state index is 12.1. The first-order chi connectivity index (χ1) is 10.6. The number of benzene rings is 1. The molecule has 2 N–H and O–H groups in total. The van der Waals surface area contributed by atoms with E-state index >= 15 is 0 Å². The van der Waals surface area contributed by atoms with Crippen LogP contribution in [0.25, 0.3) is 0 Å². The van der Waals surface area contributed by atoms with Crippen LogP contribution in [0.2, 0.25) is 0 Å². The SMILES string of the molecule is O=C(Cc1cccc(C(=O)O)c1)NCC1CC2C=CC1CC2. The largest absolute Gasteiger partial charge is 0.478 e. The molecule has 1 aromatic carbocycles. The smallest absolute Gasteiger partial charge is 0.335 e. The van der Waals surface area contributed by atoms with Gasteiger partial charge in [0, 0.05) is 6.54 Å². The summed E-state index contributed by atoms with van der Waals surface area (Å²) in [5.74, 6) is 0.859. The molecule has 0 spiro atoms. The summed E-state index contributed by atoms with van der Waals surface area (Å²) in [6.45, 7) is 0.725. The second-order valence-electron chi connectivity index (χ2n) is 6.37. The summed E-state index contributed by atoms with van der Waals surface area (Å²) in [6.07, 6.45) is 8.57. The van der Waals surface area contributed by atoms with Crippen LogP contribution in [0.15, 0.2) is 36.4 Å². The number of rotatable bonds is 5. The lowest BCUT2D eigenvalue weighted by molar-refractivity contribution is -0.120. The quantitative estimate of drug-likeness (QED) is 0.821. The van der Waals surface area contributed by atoms with Gasteiger partial charge >= 0.3 is 5.97 Å². The number of carboxylic acids is 1. The van der Waals surface area contributed by atoms with E-state index in [0.717, 1.165) is 12.1 Å². The number of nitrogens with one attached hydrogen (secondary N) is 1. The first-order valence-electron chi connectivity index (χ1n) is 7.89. The van der Waals surface area contributed by atoms with Crippen LogP contribution in [0, 0.1) is 17.8 Å². The Morgan fingerprint density at radius 3 is 2.73 bits per heavy atom. The van der Waals surface area contributed by atoms with Gasteiger partial charge in [-0.15, -0.1) is 0 Å². The molecule has 1 saturated carbocycles. The van der Waals surface area contributed by atoms with Gasteiger partial charge in [0.1, 0.15) is 0 Å². The first kappa shape index (κ1) is 14.8. The molecule has 0 aliphatic heterocycles. The third-order valence-corrected chi connectivity index (χ3v) is 4.81. The number of fused-ring (bicyclic) bond motifs is 2. The molecular weight excluding hydrogens is 278 g/mol. The van der Waals surface area contributed by atoms with E-state index in [1.54, 1.807) is 18.2 Å². The van der Waals surface area contributed by atoms with Crippen molar-refractivity contribution < 1.29 is 14.7 Å². The van der Waals surface area contributed by atoms with Crippen molar-refractivity contribution in [2.45, 2.75) is 25.7 Å². The Bertz CT molecular complexity index is 608. The first-order valence-corrected chi connectivity index (χ1v) is 7.89. The number of aromatic carboxylic acids is 1. The summed E-state index contributed by atoms with van der Waals surface area (Å²) in [5.41, 5.74) is 0.961. The highest BCUT2D eigenvalue weighted by Gasteiger charge is 2.31. The summed E-state index contributed by atoms with van der Waals surface area (Å²) < 4.78 is 0. The number of allylic oxidation sites excluding steroid dienone is 2. The third kappa shape index (κ3) is 3.38. The summed E-state index contributed by atoms with van der Waals surface area (Å²) >= 11 is 0. The van der Waals surface area contributed by atoms with E-state index in [-0.39, 0.29) is 17.9 Å². The predicted molar refractivity (Wildman–Crippen MR) is 83.6 cm³/mol. The minimum atomic E-state index is -0.965. The number of hydrogen-bond acceptors (Lipinski definition) is 2. The molecule has 4 nitrogen and oxygen atoms in total. The van der Waals surface area contributed by atoms with E-state index in [4.69, 9.17) is 5.11 Å². The number of carbonyl (C=O) groups excluding carboxylic acids is 1. The molecular formula is C18H21NO3. The summed E-state index contributed by atoms with van der Waals surface area (Å²) in [4.78, 5) is 23.0. The zero-order chi connectivity index (χ0) is 15.5. The van der Waals surface area contributed by atoms with Gasteiger partial charge in [0.2, 0.25) is 5.91 Å². The third-order valence-electron chi connectivity index (χ3n) is 4.81. The molecule has 2 bridgehead atoms. The minimum Gasteiger partial charge on any atom is -0.478 e. The van der Waals surface area contributed by atoms with Gasteiger partial charge in [-0.05, 0) is 54.7 Å². The fraction of sp³-hybridized carbons (Fsp3) is 0.444. The van der Waals surface area contributed by atoms with Crippen molar-refractivity contribution in [1.82, 2.24) is 5.32 Å². The Balaban J connectivity index is 1.52. The molecule has 0 saturated heterocycles. The Hall–Kier alpha value is -2.10. The van der Waals surface area contributed by atoms with Crippen LogP contribution in [-0.2, 0) is 11.2 Å². The topological polar surface area (TPSA) is 66.4 Å². The molecule has 1 fully saturated rings. The molecule has 3 unspecified atom stereocenters. The lowest BCUT2D eigenvalue weighted by Gasteiger charge is -2.38. The molecule has 3 aliphatic rings. The summed E-state index contributed by atoms with van der Waals surface area (Å²) in [6, 6.07) is 6.57. The van der Waals surface area contributed by atoms with E-state index in [0.29, 0.717) is 17.8 Å². The van der Waals surface area contributed by atoms with Crippen molar-refractivity contribution in [3.05, 3.63) is 47.5 Å². The Labute approximate surface area is 130 Å². The molecule has 116 valence electrons. The van der Waals surface area contributed by atoms with Gasteiger partial charge in [-0.1, -0.05) is 24.3 Å². The van der Waals surface area contributed by atoms with Crippen LogP contribution < -0.4 is 5.32 Å².